The molecule has 0 spiro atoms. The highest BCUT2D eigenvalue weighted by Crippen LogP contribution is 2.20. The summed E-state index contributed by atoms with van der Waals surface area (Å²) in [5, 5.41) is 6.15. The first-order valence-corrected chi connectivity index (χ1v) is 9.24. The van der Waals surface area contributed by atoms with Crippen LogP contribution in [0.1, 0.15) is 59.4 Å². The lowest BCUT2D eigenvalue weighted by Gasteiger charge is -2.16. The van der Waals surface area contributed by atoms with Crippen molar-refractivity contribution in [1.82, 2.24) is 9.97 Å². The molecule has 3 rings (SSSR count). The molecule has 142 valence electrons. The zero-order chi connectivity index (χ0) is 19.1. The molecule has 7 heteroatoms. The first kappa shape index (κ1) is 18.8. The smallest absolute Gasteiger partial charge is 0.337 e. The third-order valence-corrected chi connectivity index (χ3v) is 4.66. The SMILES string of the molecule is COC(=O)c1ccc(NC(=O)c2cnc(NC3CCCCCC3)cn2)cc1. The lowest BCUT2D eigenvalue weighted by Crippen LogP contribution is -2.20. The number of carbonyl (C=O) groups excluding carboxylic acids is 2. The zero-order valence-electron chi connectivity index (χ0n) is 15.4. The van der Waals surface area contributed by atoms with E-state index in [9.17, 15) is 9.59 Å². The summed E-state index contributed by atoms with van der Waals surface area (Å²) in [6.45, 7) is 0. The Balaban J connectivity index is 1.57. The van der Waals surface area contributed by atoms with E-state index in [4.69, 9.17) is 0 Å². The Morgan fingerprint density at radius 3 is 2.30 bits per heavy atom. The van der Waals surface area contributed by atoms with E-state index >= 15 is 0 Å². The van der Waals surface area contributed by atoms with Crippen molar-refractivity contribution >= 4 is 23.4 Å². The van der Waals surface area contributed by atoms with Crippen LogP contribution < -0.4 is 10.6 Å². The van der Waals surface area contributed by atoms with Gasteiger partial charge < -0.3 is 15.4 Å². The number of carbonyl (C=O) groups is 2. The number of nitrogens with zero attached hydrogens (tertiary/aromatic N) is 2. The number of methoxy groups -OCH3 is 1. The Bertz CT molecular complexity index is 767. The third kappa shape index (κ3) is 5.26. The van der Waals surface area contributed by atoms with Gasteiger partial charge in [-0.3, -0.25) is 4.79 Å². The standard InChI is InChI=1S/C20H24N4O3/c1-27-20(26)14-8-10-16(11-9-14)24-19(25)17-12-22-18(13-21-17)23-15-6-4-2-3-5-7-15/h8-13,15H,2-7H2,1H3,(H,22,23)(H,24,25). The Kier molecular flexibility index (Phi) is 6.35. The van der Waals surface area contributed by atoms with Crippen molar-refractivity contribution in [2.24, 2.45) is 0 Å². The van der Waals surface area contributed by atoms with E-state index in [-0.39, 0.29) is 11.6 Å². The number of ether oxygens (including phenoxy) is 1. The molecular weight excluding hydrogens is 344 g/mol. The molecule has 1 aromatic carbocycles. The second kappa shape index (κ2) is 9.12. The maximum absolute atomic E-state index is 12.3. The number of nitrogens with one attached hydrogen (secondary N) is 2. The predicted molar refractivity (Wildman–Crippen MR) is 103 cm³/mol. The predicted octanol–water partition coefficient (Wildman–Crippen LogP) is 3.65. The van der Waals surface area contributed by atoms with E-state index in [1.165, 1.54) is 39.0 Å². The van der Waals surface area contributed by atoms with Gasteiger partial charge in [0.2, 0.25) is 0 Å². The van der Waals surface area contributed by atoms with Crippen LogP contribution in [0.25, 0.3) is 0 Å². The van der Waals surface area contributed by atoms with Crippen LogP contribution in [0, 0.1) is 0 Å². The molecule has 1 heterocycles. The maximum Gasteiger partial charge on any atom is 0.337 e. The highest BCUT2D eigenvalue weighted by atomic mass is 16.5. The van der Waals surface area contributed by atoms with Crippen molar-refractivity contribution in [3.63, 3.8) is 0 Å². The Morgan fingerprint density at radius 1 is 1.00 bits per heavy atom. The van der Waals surface area contributed by atoms with Crippen molar-refractivity contribution in [3.8, 4) is 0 Å². The van der Waals surface area contributed by atoms with Gasteiger partial charge in [-0.1, -0.05) is 25.7 Å². The summed E-state index contributed by atoms with van der Waals surface area (Å²) >= 11 is 0. The minimum Gasteiger partial charge on any atom is -0.465 e. The molecular formula is C20H24N4O3. The topological polar surface area (TPSA) is 93.2 Å². The molecule has 0 aliphatic heterocycles. The fraction of sp³-hybridized carbons (Fsp3) is 0.400. The zero-order valence-corrected chi connectivity index (χ0v) is 15.4. The number of esters is 1. The van der Waals surface area contributed by atoms with E-state index in [1.54, 1.807) is 30.5 Å². The summed E-state index contributed by atoms with van der Waals surface area (Å²) in [7, 11) is 1.32. The molecule has 1 fully saturated rings. The summed E-state index contributed by atoms with van der Waals surface area (Å²) in [5.41, 5.74) is 1.22. The highest BCUT2D eigenvalue weighted by molar-refractivity contribution is 6.03. The van der Waals surface area contributed by atoms with Crippen molar-refractivity contribution in [3.05, 3.63) is 47.9 Å². The Labute approximate surface area is 158 Å². The number of anilines is 2. The van der Waals surface area contributed by atoms with Gasteiger partial charge in [0, 0.05) is 11.7 Å². The largest absolute Gasteiger partial charge is 0.465 e. The molecule has 1 aromatic heterocycles. The highest BCUT2D eigenvalue weighted by Gasteiger charge is 2.14. The second-order valence-corrected chi connectivity index (χ2v) is 6.64. The van der Waals surface area contributed by atoms with E-state index < -0.39 is 5.97 Å². The van der Waals surface area contributed by atoms with Gasteiger partial charge in [0.05, 0.1) is 25.1 Å². The second-order valence-electron chi connectivity index (χ2n) is 6.64. The van der Waals surface area contributed by atoms with E-state index in [2.05, 4.69) is 25.3 Å². The molecule has 1 aliphatic rings. The summed E-state index contributed by atoms with van der Waals surface area (Å²) in [6.07, 6.45) is 10.4. The molecule has 0 unspecified atom stereocenters. The Hall–Kier alpha value is -2.96. The van der Waals surface area contributed by atoms with Crippen molar-refractivity contribution in [2.75, 3.05) is 17.7 Å². The first-order chi connectivity index (χ1) is 13.2. The molecule has 0 saturated heterocycles. The molecule has 7 nitrogen and oxygen atoms in total. The summed E-state index contributed by atoms with van der Waals surface area (Å²) in [6, 6.07) is 6.88. The monoisotopic (exact) mass is 368 g/mol. The number of aromatic nitrogens is 2. The minimum absolute atomic E-state index is 0.235. The molecule has 0 bridgehead atoms. The first-order valence-electron chi connectivity index (χ1n) is 9.24. The van der Waals surface area contributed by atoms with Crippen LogP contribution >= 0.6 is 0 Å². The molecule has 2 aromatic rings. The summed E-state index contributed by atoms with van der Waals surface area (Å²) in [4.78, 5) is 32.3. The fourth-order valence-corrected chi connectivity index (χ4v) is 3.16. The molecule has 1 aliphatic carbocycles. The Morgan fingerprint density at radius 2 is 1.70 bits per heavy atom. The van der Waals surface area contributed by atoms with Crippen LogP contribution in [0.5, 0.6) is 0 Å². The molecule has 1 amide bonds. The average Bonchev–Trinajstić information content (AvgIpc) is 2.97. The number of benzene rings is 1. The molecule has 0 atom stereocenters. The van der Waals surface area contributed by atoms with Gasteiger partial charge in [-0.25, -0.2) is 14.8 Å². The quantitative estimate of drug-likeness (QED) is 0.618. The van der Waals surface area contributed by atoms with Gasteiger partial charge in [-0.15, -0.1) is 0 Å². The van der Waals surface area contributed by atoms with Gasteiger partial charge >= 0.3 is 5.97 Å². The van der Waals surface area contributed by atoms with Crippen LogP contribution in [0.4, 0.5) is 11.5 Å². The van der Waals surface area contributed by atoms with Crippen molar-refractivity contribution in [2.45, 2.75) is 44.6 Å². The van der Waals surface area contributed by atoms with Gasteiger partial charge in [0.15, 0.2) is 0 Å². The van der Waals surface area contributed by atoms with Crippen LogP contribution in [0.15, 0.2) is 36.7 Å². The van der Waals surface area contributed by atoms with E-state index in [0.29, 0.717) is 23.1 Å². The summed E-state index contributed by atoms with van der Waals surface area (Å²) < 4.78 is 4.65. The number of hydrogen-bond donors (Lipinski definition) is 2. The van der Waals surface area contributed by atoms with Gasteiger partial charge in [-0.2, -0.15) is 0 Å². The normalized spacial score (nSPS) is 14.9. The van der Waals surface area contributed by atoms with Crippen LogP contribution in [0.2, 0.25) is 0 Å². The van der Waals surface area contributed by atoms with E-state index in [1.807, 2.05) is 0 Å². The number of hydrogen-bond acceptors (Lipinski definition) is 6. The lowest BCUT2D eigenvalue weighted by molar-refractivity contribution is 0.0600. The number of amides is 1. The van der Waals surface area contributed by atoms with E-state index in [0.717, 1.165) is 12.8 Å². The van der Waals surface area contributed by atoms with Crippen molar-refractivity contribution in [1.29, 1.82) is 0 Å². The van der Waals surface area contributed by atoms with Crippen LogP contribution in [-0.4, -0.2) is 35.0 Å². The molecule has 2 N–H and O–H groups in total. The minimum atomic E-state index is -0.421. The third-order valence-electron chi connectivity index (χ3n) is 4.66. The molecule has 1 saturated carbocycles. The van der Waals surface area contributed by atoms with Gasteiger partial charge in [0.1, 0.15) is 11.5 Å². The van der Waals surface area contributed by atoms with Gasteiger partial charge in [0.25, 0.3) is 5.91 Å². The number of rotatable bonds is 5. The fourth-order valence-electron chi connectivity index (χ4n) is 3.16. The molecule has 27 heavy (non-hydrogen) atoms. The lowest BCUT2D eigenvalue weighted by atomic mass is 10.1. The van der Waals surface area contributed by atoms with Crippen LogP contribution in [0.3, 0.4) is 0 Å². The average molecular weight is 368 g/mol. The van der Waals surface area contributed by atoms with Crippen LogP contribution in [-0.2, 0) is 4.74 Å². The maximum atomic E-state index is 12.3. The van der Waals surface area contributed by atoms with Crippen molar-refractivity contribution < 1.29 is 14.3 Å². The summed E-state index contributed by atoms with van der Waals surface area (Å²) in [5.74, 6) is -0.0780. The van der Waals surface area contributed by atoms with Gasteiger partial charge in [-0.05, 0) is 37.1 Å². The molecule has 0 radical (unpaired) electrons.